The smallest absolute Gasteiger partial charge is 0.284 e. The third-order valence-electron chi connectivity index (χ3n) is 4.89. The van der Waals surface area contributed by atoms with Crippen molar-refractivity contribution in [3.8, 4) is 0 Å². The molecule has 0 aliphatic heterocycles. The summed E-state index contributed by atoms with van der Waals surface area (Å²) in [7, 11) is -3.96. The van der Waals surface area contributed by atoms with Gasteiger partial charge in [-0.3, -0.25) is 4.79 Å². The predicted molar refractivity (Wildman–Crippen MR) is 125 cm³/mol. The number of amidine groups is 1. The summed E-state index contributed by atoms with van der Waals surface area (Å²) in [4.78, 5) is 17.5. The van der Waals surface area contributed by atoms with E-state index in [4.69, 9.17) is 0 Å². The highest BCUT2D eigenvalue weighted by molar-refractivity contribution is 7.90. The molecule has 0 unspecified atom stereocenters. The second-order valence-corrected chi connectivity index (χ2v) is 9.55. The van der Waals surface area contributed by atoms with Gasteiger partial charge >= 0.3 is 0 Å². The summed E-state index contributed by atoms with van der Waals surface area (Å²) >= 11 is 0. The highest BCUT2D eigenvalue weighted by Crippen LogP contribution is 2.25. The van der Waals surface area contributed by atoms with Gasteiger partial charge in [-0.2, -0.15) is 8.42 Å². The van der Waals surface area contributed by atoms with E-state index in [2.05, 4.69) is 9.39 Å². The van der Waals surface area contributed by atoms with Crippen LogP contribution in [0.4, 0.5) is 0 Å². The molecule has 5 nitrogen and oxygen atoms in total. The first-order valence-corrected chi connectivity index (χ1v) is 11.6. The number of allylic oxidation sites excluding steroid dienone is 4. The van der Waals surface area contributed by atoms with Crippen molar-refractivity contribution in [3.63, 3.8) is 0 Å². The van der Waals surface area contributed by atoms with E-state index in [1.165, 1.54) is 12.1 Å². The van der Waals surface area contributed by atoms with E-state index in [0.717, 1.165) is 0 Å². The van der Waals surface area contributed by atoms with Crippen LogP contribution in [-0.4, -0.2) is 25.7 Å². The van der Waals surface area contributed by atoms with Crippen LogP contribution in [0.2, 0.25) is 0 Å². The average Bonchev–Trinajstić information content (AvgIpc) is 2.75. The van der Waals surface area contributed by atoms with Gasteiger partial charge in [-0.25, -0.2) is 4.99 Å². The minimum absolute atomic E-state index is 0.0130. The zero-order chi connectivity index (χ0) is 22.6. The number of sulfonamides is 1. The number of hydrogen-bond donors (Lipinski definition) is 0. The van der Waals surface area contributed by atoms with E-state index in [0.29, 0.717) is 22.4 Å². The number of carbonyl (C=O) groups is 1. The Labute approximate surface area is 184 Å². The van der Waals surface area contributed by atoms with E-state index in [1.807, 2.05) is 33.8 Å². The molecule has 0 saturated heterocycles. The first-order valence-electron chi connectivity index (χ1n) is 10.2. The van der Waals surface area contributed by atoms with Crippen LogP contribution in [0.5, 0.6) is 0 Å². The number of Topliss-reactive ketones (excluding diaryl/α,β-unsaturated/α-hetero) is 1. The van der Waals surface area contributed by atoms with Crippen molar-refractivity contribution >= 4 is 27.4 Å². The Morgan fingerprint density at radius 2 is 1.26 bits per heavy atom. The third kappa shape index (κ3) is 5.33. The van der Waals surface area contributed by atoms with Crippen LogP contribution in [0.25, 0.3) is 0 Å². The van der Waals surface area contributed by atoms with Crippen molar-refractivity contribution in [2.24, 2.45) is 21.2 Å². The Morgan fingerprint density at radius 3 is 1.74 bits per heavy atom. The molecule has 3 rings (SSSR count). The molecule has 1 aliphatic rings. The molecule has 0 fully saturated rings. The third-order valence-corrected chi connectivity index (χ3v) is 6.17. The number of hydrogen-bond acceptors (Lipinski definition) is 3. The van der Waals surface area contributed by atoms with Crippen LogP contribution in [0.1, 0.15) is 33.3 Å². The summed E-state index contributed by atoms with van der Waals surface area (Å²) in [5.41, 5.74) is 2.40. The highest BCUT2D eigenvalue weighted by atomic mass is 32.2. The monoisotopic (exact) mass is 434 g/mol. The summed E-state index contributed by atoms with van der Waals surface area (Å²) < 4.78 is 29.9. The van der Waals surface area contributed by atoms with Crippen LogP contribution < -0.4 is 0 Å². The van der Waals surface area contributed by atoms with Crippen molar-refractivity contribution < 1.29 is 13.2 Å². The van der Waals surface area contributed by atoms with Gasteiger partial charge in [0.15, 0.2) is 11.6 Å². The average molecular weight is 435 g/mol. The molecule has 160 valence electrons. The lowest BCUT2D eigenvalue weighted by Crippen LogP contribution is -2.21. The zero-order valence-electron chi connectivity index (χ0n) is 18.1. The number of carbonyl (C=O) groups excluding carboxylic acids is 1. The Balaban J connectivity index is 2.19. The Morgan fingerprint density at radius 1 is 0.774 bits per heavy atom. The molecule has 0 bridgehead atoms. The van der Waals surface area contributed by atoms with Gasteiger partial charge in [-0.15, -0.1) is 4.40 Å². The molecule has 0 atom stereocenters. The molecule has 6 heteroatoms. The lowest BCUT2D eigenvalue weighted by molar-refractivity contribution is -0.113. The lowest BCUT2D eigenvalue weighted by Gasteiger charge is -2.20. The maximum Gasteiger partial charge on any atom is 0.284 e. The highest BCUT2D eigenvalue weighted by Gasteiger charge is 2.25. The van der Waals surface area contributed by atoms with Gasteiger partial charge in [0.1, 0.15) is 0 Å². The van der Waals surface area contributed by atoms with Gasteiger partial charge in [0.25, 0.3) is 10.0 Å². The molecular formula is C25H26N2O3S. The Kier molecular flexibility index (Phi) is 6.81. The van der Waals surface area contributed by atoms with E-state index < -0.39 is 10.0 Å². The molecule has 2 aromatic carbocycles. The van der Waals surface area contributed by atoms with Crippen LogP contribution in [0.3, 0.4) is 0 Å². The molecule has 0 heterocycles. The topological polar surface area (TPSA) is 75.9 Å². The minimum Gasteiger partial charge on any atom is -0.289 e. The van der Waals surface area contributed by atoms with E-state index in [9.17, 15) is 13.2 Å². The Hall–Kier alpha value is -3.12. The summed E-state index contributed by atoms with van der Waals surface area (Å²) in [5.74, 6) is 0.127. The molecule has 0 saturated carbocycles. The lowest BCUT2D eigenvalue weighted by atomic mass is 9.84. The number of rotatable bonds is 5. The van der Waals surface area contributed by atoms with Crippen LogP contribution in [-0.2, 0) is 14.8 Å². The van der Waals surface area contributed by atoms with Gasteiger partial charge in [0.05, 0.1) is 10.6 Å². The molecule has 0 aromatic heterocycles. The largest absolute Gasteiger partial charge is 0.289 e. The molecule has 0 N–H and O–H groups in total. The van der Waals surface area contributed by atoms with Crippen LogP contribution >= 0.6 is 0 Å². The zero-order valence-corrected chi connectivity index (χ0v) is 18.9. The second kappa shape index (κ2) is 9.35. The standard InChI is InChI=1S/C25H26N2O3S/c1-17(2)22-15-20(16-23(18(3)4)24(22)28)26-25(19-11-7-5-8-12-19)27-31(29,30)21-13-9-6-10-14-21/h5-18H,1-4H3/b27-25-. The van der Waals surface area contributed by atoms with Gasteiger partial charge < -0.3 is 0 Å². The summed E-state index contributed by atoms with van der Waals surface area (Å²) in [6.45, 7) is 7.82. The summed E-state index contributed by atoms with van der Waals surface area (Å²) in [6, 6.07) is 17.0. The fraction of sp³-hybridized carbons (Fsp3) is 0.240. The Bertz CT molecular complexity index is 1160. The van der Waals surface area contributed by atoms with E-state index >= 15 is 0 Å². The molecule has 1 aliphatic carbocycles. The van der Waals surface area contributed by atoms with Crippen molar-refractivity contribution in [2.45, 2.75) is 32.6 Å². The van der Waals surface area contributed by atoms with E-state index in [1.54, 1.807) is 54.6 Å². The first-order chi connectivity index (χ1) is 14.7. The normalized spacial score (nSPS) is 15.2. The number of benzene rings is 2. The fourth-order valence-electron chi connectivity index (χ4n) is 3.19. The van der Waals surface area contributed by atoms with Crippen molar-refractivity contribution in [1.29, 1.82) is 0 Å². The van der Waals surface area contributed by atoms with Gasteiger partial charge in [0.2, 0.25) is 0 Å². The van der Waals surface area contributed by atoms with Gasteiger partial charge in [-0.05, 0) is 36.1 Å². The van der Waals surface area contributed by atoms with Crippen LogP contribution in [0, 0.1) is 11.8 Å². The number of aliphatic imine (C=N–C) groups is 1. The first kappa shape index (κ1) is 22.6. The SMILES string of the molecule is CC(C)C1=CC(=N/C(=N\S(=O)(=O)c2ccccc2)c2ccccc2)C=C(C(C)C)C1=O. The molecular weight excluding hydrogens is 408 g/mol. The quantitative estimate of drug-likeness (QED) is 0.377. The van der Waals surface area contributed by atoms with Gasteiger partial charge in [-0.1, -0.05) is 76.2 Å². The minimum atomic E-state index is -3.96. The predicted octanol–water partition coefficient (Wildman–Crippen LogP) is 5.01. The molecule has 2 aromatic rings. The summed E-state index contributed by atoms with van der Waals surface area (Å²) in [5, 5.41) is 0. The summed E-state index contributed by atoms with van der Waals surface area (Å²) in [6.07, 6.45) is 3.46. The fourth-order valence-corrected chi connectivity index (χ4v) is 4.17. The molecule has 31 heavy (non-hydrogen) atoms. The maximum atomic E-state index is 12.9. The number of nitrogens with zero attached hydrogens (tertiary/aromatic N) is 2. The van der Waals surface area contributed by atoms with Crippen molar-refractivity contribution in [2.75, 3.05) is 0 Å². The van der Waals surface area contributed by atoms with Crippen molar-refractivity contribution in [3.05, 3.63) is 89.5 Å². The molecule has 0 spiro atoms. The molecule has 0 radical (unpaired) electrons. The second-order valence-electron chi connectivity index (χ2n) is 7.94. The maximum absolute atomic E-state index is 12.9. The van der Waals surface area contributed by atoms with Crippen LogP contribution in [0.15, 0.2) is 98.2 Å². The van der Waals surface area contributed by atoms with Crippen molar-refractivity contribution in [1.82, 2.24) is 0 Å². The van der Waals surface area contributed by atoms with E-state index in [-0.39, 0.29) is 28.4 Å². The number of ketones is 1. The molecule has 0 amide bonds. The van der Waals surface area contributed by atoms with Gasteiger partial charge in [0, 0.05) is 16.7 Å².